The van der Waals surface area contributed by atoms with Crippen LogP contribution in [0.25, 0.3) is 0 Å². The van der Waals surface area contributed by atoms with Crippen molar-refractivity contribution in [2.24, 2.45) is 5.73 Å². The van der Waals surface area contributed by atoms with Gasteiger partial charge < -0.3 is 11.1 Å². The zero-order valence-electron chi connectivity index (χ0n) is 11.8. The molecule has 2 amide bonds. The van der Waals surface area contributed by atoms with Gasteiger partial charge in [-0.3, -0.25) is 9.59 Å². The minimum absolute atomic E-state index is 0.207. The van der Waals surface area contributed by atoms with Gasteiger partial charge in [0.05, 0.1) is 6.42 Å². The first-order valence-corrected chi connectivity index (χ1v) is 7.57. The Morgan fingerprint density at radius 3 is 2.55 bits per heavy atom. The largest absolute Gasteiger partial charge is 0.368 e. The van der Waals surface area contributed by atoms with Crippen molar-refractivity contribution in [2.45, 2.75) is 18.9 Å². The van der Waals surface area contributed by atoms with Crippen molar-refractivity contribution in [3.8, 4) is 0 Å². The fourth-order valence-electron chi connectivity index (χ4n) is 2.04. The Labute approximate surface area is 137 Å². The van der Waals surface area contributed by atoms with E-state index in [1.807, 2.05) is 36.4 Å². The van der Waals surface area contributed by atoms with Crippen LogP contribution in [0.4, 0.5) is 0 Å². The minimum atomic E-state index is -0.767. The van der Waals surface area contributed by atoms with Gasteiger partial charge in [0.25, 0.3) is 0 Å². The van der Waals surface area contributed by atoms with Crippen molar-refractivity contribution in [2.75, 3.05) is 0 Å². The van der Waals surface area contributed by atoms with E-state index in [0.717, 1.165) is 11.1 Å². The molecule has 6 heteroatoms. The molecule has 1 aromatic carbocycles. The standard InChI is InChI=1S/C16H16BrN3O2/c17-15-12(7-4-8-19-15)10-13(16(18)22)20-14(21)9-11-5-2-1-3-6-11/h1-8,13H,9-10H2,(H2,18,22)(H,20,21)/t13-/m1/s1. The smallest absolute Gasteiger partial charge is 0.240 e. The molecule has 1 aromatic heterocycles. The molecule has 1 atom stereocenters. The predicted molar refractivity (Wildman–Crippen MR) is 86.9 cm³/mol. The van der Waals surface area contributed by atoms with Crippen LogP contribution in [0.5, 0.6) is 0 Å². The second-order valence-corrected chi connectivity index (χ2v) is 5.59. The molecule has 0 aliphatic heterocycles. The molecule has 3 N–H and O–H groups in total. The van der Waals surface area contributed by atoms with E-state index >= 15 is 0 Å². The number of hydrogen-bond acceptors (Lipinski definition) is 3. The van der Waals surface area contributed by atoms with Crippen LogP contribution in [-0.2, 0) is 22.4 Å². The summed E-state index contributed by atoms with van der Waals surface area (Å²) >= 11 is 3.32. The number of amides is 2. The van der Waals surface area contributed by atoms with E-state index in [0.29, 0.717) is 11.0 Å². The highest BCUT2D eigenvalue weighted by Crippen LogP contribution is 2.14. The first-order valence-electron chi connectivity index (χ1n) is 6.78. The summed E-state index contributed by atoms with van der Waals surface area (Å²) in [5.74, 6) is -0.813. The summed E-state index contributed by atoms with van der Waals surface area (Å²) in [7, 11) is 0. The molecule has 22 heavy (non-hydrogen) atoms. The van der Waals surface area contributed by atoms with Gasteiger partial charge in [-0.2, -0.15) is 0 Å². The number of nitrogens with two attached hydrogens (primary N) is 1. The SMILES string of the molecule is NC(=O)[C@@H](Cc1cccnc1Br)NC(=O)Cc1ccccc1. The molecule has 0 saturated carbocycles. The molecule has 2 rings (SSSR count). The third kappa shape index (κ3) is 4.66. The Morgan fingerprint density at radius 1 is 1.18 bits per heavy atom. The van der Waals surface area contributed by atoms with Gasteiger partial charge in [-0.05, 0) is 33.1 Å². The molecule has 0 unspecified atom stereocenters. The Bertz CT molecular complexity index is 661. The normalized spacial score (nSPS) is 11.7. The summed E-state index contributed by atoms with van der Waals surface area (Å²) in [6.07, 6.45) is 2.14. The quantitative estimate of drug-likeness (QED) is 0.766. The number of hydrogen-bond donors (Lipinski definition) is 2. The summed E-state index contributed by atoms with van der Waals surface area (Å²) in [5, 5.41) is 2.68. The second kappa shape index (κ2) is 7.70. The number of nitrogens with zero attached hydrogens (tertiary/aromatic N) is 1. The topological polar surface area (TPSA) is 85.1 Å². The zero-order chi connectivity index (χ0) is 15.9. The molecule has 114 valence electrons. The summed E-state index contributed by atoms with van der Waals surface area (Å²) in [6.45, 7) is 0. The summed E-state index contributed by atoms with van der Waals surface area (Å²) in [6, 6.07) is 12.2. The molecule has 0 bridgehead atoms. The fourth-order valence-corrected chi connectivity index (χ4v) is 2.45. The van der Waals surface area contributed by atoms with E-state index in [1.165, 1.54) is 0 Å². The van der Waals surface area contributed by atoms with Crippen molar-refractivity contribution in [1.29, 1.82) is 0 Å². The number of benzene rings is 1. The van der Waals surface area contributed by atoms with Crippen LogP contribution in [0, 0.1) is 0 Å². The first kappa shape index (κ1) is 16.2. The number of nitrogens with one attached hydrogen (secondary N) is 1. The number of halogens is 1. The van der Waals surface area contributed by atoms with E-state index in [9.17, 15) is 9.59 Å². The van der Waals surface area contributed by atoms with Gasteiger partial charge in [0.2, 0.25) is 11.8 Å². The van der Waals surface area contributed by atoms with Gasteiger partial charge in [0, 0.05) is 12.6 Å². The van der Waals surface area contributed by atoms with E-state index in [4.69, 9.17) is 5.73 Å². The molecule has 0 radical (unpaired) electrons. The lowest BCUT2D eigenvalue weighted by Gasteiger charge is -2.16. The van der Waals surface area contributed by atoms with E-state index in [2.05, 4.69) is 26.2 Å². The van der Waals surface area contributed by atoms with Gasteiger partial charge in [-0.15, -0.1) is 0 Å². The van der Waals surface area contributed by atoms with Gasteiger partial charge in [0.1, 0.15) is 10.6 Å². The second-order valence-electron chi connectivity index (χ2n) is 4.84. The molecule has 0 spiro atoms. The molecule has 2 aromatic rings. The molecule has 0 aliphatic carbocycles. The number of carbonyl (C=O) groups is 2. The van der Waals surface area contributed by atoms with Gasteiger partial charge in [-0.25, -0.2) is 4.98 Å². The lowest BCUT2D eigenvalue weighted by atomic mass is 10.1. The maximum atomic E-state index is 12.1. The maximum Gasteiger partial charge on any atom is 0.240 e. The van der Waals surface area contributed by atoms with Crippen molar-refractivity contribution >= 4 is 27.7 Å². The average molecular weight is 362 g/mol. The van der Waals surface area contributed by atoms with Crippen molar-refractivity contribution in [3.63, 3.8) is 0 Å². The highest BCUT2D eigenvalue weighted by atomic mass is 79.9. The lowest BCUT2D eigenvalue weighted by Crippen LogP contribution is -2.46. The average Bonchev–Trinajstić information content (AvgIpc) is 2.49. The van der Waals surface area contributed by atoms with Crippen LogP contribution in [-0.4, -0.2) is 22.8 Å². The van der Waals surface area contributed by atoms with Gasteiger partial charge in [-0.1, -0.05) is 36.4 Å². The van der Waals surface area contributed by atoms with E-state index < -0.39 is 11.9 Å². The Kier molecular flexibility index (Phi) is 5.66. The molecular formula is C16H16BrN3O2. The Hall–Kier alpha value is -2.21. The first-order chi connectivity index (χ1) is 10.6. The van der Waals surface area contributed by atoms with Crippen LogP contribution in [0.1, 0.15) is 11.1 Å². The minimum Gasteiger partial charge on any atom is -0.368 e. The lowest BCUT2D eigenvalue weighted by molar-refractivity contribution is -0.127. The van der Waals surface area contributed by atoms with E-state index in [1.54, 1.807) is 12.3 Å². The third-order valence-electron chi connectivity index (χ3n) is 3.15. The summed E-state index contributed by atoms with van der Waals surface area (Å²) in [4.78, 5) is 27.7. The predicted octanol–water partition coefficient (Wildman–Crippen LogP) is 1.60. The number of aromatic nitrogens is 1. The molecule has 1 heterocycles. The highest BCUT2D eigenvalue weighted by molar-refractivity contribution is 9.10. The van der Waals surface area contributed by atoms with Crippen LogP contribution in [0.2, 0.25) is 0 Å². The Balaban J connectivity index is 2.01. The molecule has 0 saturated heterocycles. The number of primary amides is 1. The highest BCUT2D eigenvalue weighted by Gasteiger charge is 2.20. The third-order valence-corrected chi connectivity index (χ3v) is 3.86. The van der Waals surface area contributed by atoms with Crippen molar-refractivity contribution < 1.29 is 9.59 Å². The van der Waals surface area contributed by atoms with Crippen LogP contribution in [0.15, 0.2) is 53.3 Å². The van der Waals surface area contributed by atoms with Crippen LogP contribution in [0.3, 0.4) is 0 Å². The zero-order valence-corrected chi connectivity index (χ0v) is 13.4. The number of rotatable bonds is 6. The monoisotopic (exact) mass is 361 g/mol. The molecule has 0 aliphatic rings. The Morgan fingerprint density at radius 2 is 1.91 bits per heavy atom. The van der Waals surface area contributed by atoms with Crippen LogP contribution >= 0.6 is 15.9 Å². The number of carbonyl (C=O) groups excluding carboxylic acids is 2. The van der Waals surface area contributed by atoms with Gasteiger partial charge in [0.15, 0.2) is 0 Å². The van der Waals surface area contributed by atoms with E-state index in [-0.39, 0.29) is 12.3 Å². The number of pyridine rings is 1. The summed E-state index contributed by atoms with van der Waals surface area (Å²) < 4.78 is 0.638. The fraction of sp³-hybridized carbons (Fsp3) is 0.188. The molecule has 5 nitrogen and oxygen atoms in total. The summed E-state index contributed by atoms with van der Waals surface area (Å²) in [5.41, 5.74) is 7.08. The molecular weight excluding hydrogens is 346 g/mol. The van der Waals surface area contributed by atoms with Gasteiger partial charge >= 0.3 is 0 Å². The van der Waals surface area contributed by atoms with Crippen LogP contribution < -0.4 is 11.1 Å². The van der Waals surface area contributed by atoms with Crippen molar-refractivity contribution in [1.82, 2.24) is 10.3 Å². The van der Waals surface area contributed by atoms with Crippen molar-refractivity contribution in [3.05, 3.63) is 64.4 Å². The molecule has 0 fully saturated rings. The maximum absolute atomic E-state index is 12.1.